The van der Waals surface area contributed by atoms with E-state index >= 15 is 0 Å². The Morgan fingerprint density at radius 3 is 2.78 bits per heavy atom. The highest BCUT2D eigenvalue weighted by molar-refractivity contribution is 5.41. The molecule has 2 aliphatic rings. The molecule has 2 nitrogen and oxygen atoms in total. The summed E-state index contributed by atoms with van der Waals surface area (Å²) in [7, 11) is 2.08. The molecule has 1 aromatic rings. The van der Waals surface area contributed by atoms with E-state index in [0.29, 0.717) is 12.1 Å². The predicted octanol–water partition coefficient (Wildman–Crippen LogP) is 3.32. The second-order valence-electron chi connectivity index (χ2n) is 5.96. The van der Waals surface area contributed by atoms with Gasteiger partial charge in [0.05, 0.1) is 0 Å². The van der Waals surface area contributed by atoms with Crippen LogP contribution in [-0.4, -0.2) is 13.2 Å². The standard InChI is InChI=1S/C16H23NO/c1-10-8-14-9-13(6-7-15(14)18-10)16(17-3)11(2)12-4-5-12/h6-7,9-12,16-17H,4-5,8H2,1-3H3. The van der Waals surface area contributed by atoms with Crippen LogP contribution in [0.1, 0.15) is 43.9 Å². The van der Waals surface area contributed by atoms with E-state index in [2.05, 4.69) is 44.4 Å². The molecule has 1 fully saturated rings. The van der Waals surface area contributed by atoms with Crippen molar-refractivity contribution in [1.29, 1.82) is 0 Å². The molecule has 2 heteroatoms. The van der Waals surface area contributed by atoms with Gasteiger partial charge in [0, 0.05) is 12.5 Å². The first-order valence-corrected chi connectivity index (χ1v) is 7.15. The molecule has 1 aliphatic heterocycles. The minimum absolute atomic E-state index is 0.337. The van der Waals surface area contributed by atoms with Crippen molar-refractivity contribution in [3.05, 3.63) is 29.3 Å². The summed E-state index contributed by atoms with van der Waals surface area (Å²) in [4.78, 5) is 0. The van der Waals surface area contributed by atoms with Crippen molar-refractivity contribution in [3.63, 3.8) is 0 Å². The van der Waals surface area contributed by atoms with E-state index in [0.717, 1.165) is 24.0 Å². The van der Waals surface area contributed by atoms with Gasteiger partial charge in [0.15, 0.2) is 0 Å². The maximum atomic E-state index is 5.78. The zero-order valence-corrected chi connectivity index (χ0v) is 11.6. The van der Waals surface area contributed by atoms with Crippen LogP contribution in [0.15, 0.2) is 18.2 Å². The van der Waals surface area contributed by atoms with Gasteiger partial charge in [0.1, 0.15) is 11.9 Å². The maximum absolute atomic E-state index is 5.78. The summed E-state index contributed by atoms with van der Waals surface area (Å²) >= 11 is 0. The van der Waals surface area contributed by atoms with Gasteiger partial charge in [0.2, 0.25) is 0 Å². The van der Waals surface area contributed by atoms with Gasteiger partial charge < -0.3 is 10.1 Å². The highest BCUT2D eigenvalue weighted by atomic mass is 16.5. The summed E-state index contributed by atoms with van der Waals surface area (Å²) in [5.74, 6) is 2.74. The van der Waals surface area contributed by atoms with Crippen LogP contribution < -0.4 is 10.1 Å². The second-order valence-corrected chi connectivity index (χ2v) is 5.96. The topological polar surface area (TPSA) is 21.3 Å². The molecule has 1 aromatic carbocycles. The number of ether oxygens (including phenoxy) is 1. The lowest BCUT2D eigenvalue weighted by atomic mass is 9.89. The number of hydrogen-bond acceptors (Lipinski definition) is 2. The minimum atomic E-state index is 0.337. The fourth-order valence-corrected chi connectivity index (χ4v) is 3.26. The molecule has 3 atom stereocenters. The highest BCUT2D eigenvalue weighted by Crippen LogP contribution is 2.43. The van der Waals surface area contributed by atoms with Crippen LogP contribution in [0.4, 0.5) is 0 Å². The third kappa shape index (κ3) is 2.14. The molecule has 0 spiro atoms. The molecule has 1 N–H and O–H groups in total. The van der Waals surface area contributed by atoms with E-state index in [-0.39, 0.29) is 0 Å². The van der Waals surface area contributed by atoms with Crippen molar-refractivity contribution in [2.24, 2.45) is 11.8 Å². The Morgan fingerprint density at radius 1 is 1.33 bits per heavy atom. The summed E-state index contributed by atoms with van der Waals surface area (Å²) in [6.07, 6.45) is 4.20. The first-order valence-electron chi connectivity index (χ1n) is 7.15. The van der Waals surface area contributed by atoms with E-state index in [9.17, 15) is 0 Å². The average molecular weight is 245 g/mol. The monoisotopic (exact) mass is 245 g/mol. The largest absolute Gasteiger partial charge is 0.490 e. The Balaban J connectivity index is 1.84. The SMILES string of the molecule is CNC(c1ccc2c(c1)CC(C)O2)C(C)C1CC1. The molecule has 0 aromatic heterocycles. The van der Waals surface area contributed by atoms with Crippen molar-refractivity contribution in [1.82, 2.24) is 5.32 Å². The van der Waals surface area contributed by atoms with Crippen molar-refractivity contribution in [2.75, 3.05) is 7.05 Å². The van der Waals surface area contributed by atoms with Crippen LogP contribution in [0, 0.1) is 11.8 Å². The Labute approximate surface area is 110 Å². The van der Waals surface area contributed by atoms with E-state index in [4.69, 9.17) is 4.74 Å². The molecule has 3 rings (SSSR count). The fraction of sp³-hybridized carbons (Fsp3) is 0.625. The van der Waals surface area contributed by atoms with Crippen molar-refractivity contribution >= 4 is 0 Å². The summed E-state index contributed by atoms with van der Waals surface area (Å²) in [5, 5.41) is 3.50. The summed E-state index contributed by atoms with van der Waals surface area (Å²) in [5.41, 5.74) is 2.80. The van der Waals surface area contributed by atoms with Gasteiger partial charge >= 0.3 is 0 Å². The Kier molecular flexibility index (Phi) is 3.06. The Hall–Kier alpha value is -1.02. The Morgan fingerprint density at radius 2 is 2.11 bits per heavy atom. The maximum Gasteiger partial charge on any atom is 0.123 e. The zero-order valence-electron chi connectivity index (χ0n) is 11.6. The molecular formula is C16H23NO. The lowest BCUT2D eigenvalue weighted by Gasteiger charge is -2.24. The van der Waals surface area contributed by atoms with E-state index < -0.39 is 0 Å². The van der Waals surface area contributed by atoms with Gasteiger partial charge in [-0.1, -0.05) is 19.1 Å². The normalized spacial score (nSPS) is 25.4. The number of rotatable bonds is 4. The number of fused-ring (bicyclic) bond motifs is 1. The van der Waals surface area contributed by atoms with Gasteiger partial charge in [-0.25, -0.2) is 0 Å². The zero-order chi connectivity index (χ0) is 12.7. The van der Waals surface area contributed by atoms with Crippen LogP contribution in [0.2, 0.25) is 0 Å². The number of benzene rings is 1. The molecular weight excluding hydrogens is 222 g/mol. The number of nitrogens with one attached hydrogen (secondary N) is 1. The molecule has 1 saturated carbocycles. The van der Waals surface area contributed by atoms with E-state index in [1.54, 1.807) is 0 Å². The van der Waals surface area contributed by atoms with Gasteiger partial charge in [-0.15, -0.1) is 0 Å². The minimum Gasteiger partial charge on any atom is -0.490 e. The molecule has 0 bridgehead atoms. The first kappa shape index (κ1) is 12.0. The van der Waals surface area contributed by atoms with Crippen LogP contribution in [-0.2, 0) is 6.42 Å². The molecule has 1 heterocycles. The van der Waals surface area contributed by atoms with Crippen molar-refractivity contribution in [2.45, 2.75) is 45.3 Å². The third-order valence-electron chi connectivity index (χ3n) is 4.48. The molecule has 1 aliphatic carbocycles. The van der Waals surface area contributed by atoms with Gasteiger partial charge in [-0.2, -0.15) is 0 Å². The lowest BCUT2D eigenvalue weighted by molar-refractivity contribution is 0.254. The molecule has 0 saturated heterocycles. The fourth-order valence-electron chi connectivity index (χ4n) is 3.26. The molecule has 18 heavy (non-hydrogen) atoms. The summed E-state index contributed by atoms with van der Waals surface area (Å²) < 4.78 is 5.78. The van der Waals surface area contributed by atoms with Crippen LogP contribution in [0.3, 0.4) is 0 Å². The van der Waals surface area contributed by atoms with E-state index in [1.807, 2.05) is 0 Å². The third-order valence-corrected chi connectivity index (χ3v) is 4.48. The molecule has 0 amide bonds. The molecule has 98 valence electrons. The van der Waals surface area contributed by atoms with E-state index in [1.165, 1.54) is 24.0 Å². The highest BCUT2D eigenvalue weighted by Gasteiger charge is 2.33. The summed E-state index contributed by atoms with van der Waals surface area (Å²) in [6.45, 7) is 4.52. The quantitative estimate of drug-likeness (QED) is 0.878. The lowest BCUT2D eigenvalue weighted by Crippen LogP contribution is -2.24. The second kappa shape index (κ2) is 4.58. The number of hydrogen-bond donors (Lipinski definition) is 1. The smallest absolute Gasteiger partial charge is 0.123 e. The van der Waals surface area contributed by atoms with Crippen molar-refractivity contribution in [3.8, 4) is 5.75 Å². The van der Waals surface area contributed by atoms with Crippen LogP contribution >= 0.6 is 0 Å². The van der Waals surface area contributed by atoms with Gasteiger partial charge in [0.25, 0.3) is 0 Å². The molecule has 3 unspecified atom stereocenters. The van der Waals surface area contributed by atoms with Crippen LogP contribution in [0.25, 0.3) is 0 Å². The first-order chi connectivity index (χ1) is 8.69. The van der Waals surface area contributed by atoms with Crippen molar-refractivity contribution < 1.29 is 4.74 Å². The predicted molar refractivity (Wildman–Crippen MR) is 73.9 cm³/mol. The summed E-state index contributed by atoms with van der Waals surface area (Å²) in [6, 6.07) is 7.21. The van der Waals surface area contributed by atoms with Gasteiger partial charge in [-0.3, -0.25) is 0 Å². The molecule has 0 radical (unpaired) electrons. The average Bonchev–Trinajstić information content (AvgIpc) is 3.12. The van der Waals surface area contributed by atoms with Crippen LogP contribution in [0.5, 0.6) is 5.75 Å². The van der Waals surface area contributed by atoms with Gasteiger partial charge in [-0.05, 0) is 55.8 Å². The Bertz CT molecular complexity index is 439.